The van der Waals surface area contributed by atoms with Crippen LogP contribution in [-0.4, -0.2) is 29.4 Å². The van der Waals surface area contributed by atoms with E-state index in [2.05, 4.69) is 79.0 Å². The van der Waals surface area contributed by atoms with Crippen molar-refractivity contribution in [2.75, 3.05) is 0 Å². The van der Waals surface area contributed by atoms with Gasteiger partial charge in [0.2, 0.25) is 0 Å². The molecule has 0 saturated carbocycles. The molecule has 202 valence electrons. The zero-order chi connectivity index (χ0) is 26.4. The van der Waals surface area contributed by atoms with Crippen LogP contribution in [0.15, 0.2) is 0 Å². The van der Waals surface area contributed by atoms with Crippen molar-refractivity contribution in [2.45, 2.75) is 120 Å². The van der Waals surface area contributed by atoms with E-state index >= 15 is 0 Å². The largest absolute Gasteiger partial charge is 0.325 e. The molecule has 2 atom stereocenters. The molecule has 2 unspecified atom stereocenters. The van der Waals surface area contributed by atoms with Crippen molar-refractivity contribution in [1.29, 1.82) is 0 Å². The van der Waals surface area contributed by atoms with Crippen molar-refractivity contribution >= 4 is 37.1 Å². The summed E-state index contributed by atoms with van der Waals surface area (Å²) in [5, 5.41) is 0. The van der Waals surface area contributed by atoms with Crippen LogP contribution in [-0.2, 0) is 43.1 Å². The minimum Gasteiger partial charge on any atom is -0.325 e. The van der Waals surface area contributed by atoms with Gasteiger partial charge in [-0.2, -0.15) is 0 Å². The number of rotatable bonds is 12. The Balaban J connectivity index is -0.000000112. The van der Waals surface area contributed by atoms with Crippen LogP contribution in [0.1, 0.15) is 120 Å². The van der Waals surface area contributed by atoms with Gasteiger partial charge in [-0.1, -0.05) is 107 Å². The predicted molar refractivity (Wildman–Crippen MR) is 147 cm³/mol. The fourth-order valence-electron chi connectivity index (χ4n) is 3.30. The van der Waals surface area contributed by atoms with Crippen LogP contribution >= 0.6 is 13.4 Å². The first-order chi connectivity index (χ1) is 14.4. The molecular formula is C22H54O6P2S2Zn. The van der Waals surface area contributed by atoms with E-state index in [1.807, 2.05) is 0 Å². The second kappa shape index (κ2) is 28.3. The zero-order valence-electron chi connectivity index (χ0n) is 22.5. The van der Waals surface area contributed by atoms with Crippen molar-refractivity contribution in [1.82, 2.24) is 0 Å². The molecule has 0 aliphatic rings. The summed E-state index contributed by atoms with van der Waals surface area (Å²) in [7, 11) is 0. The van der Waals surface area contributed by atoms with E-state index in [1.54, 1.807) is 0 Å². The van der Waals surface area contributed by atoms with Gasteiger partial charge in [-0.15, -0.1) is 0 Å². The van der Waals surface area contributed by atoms with Crippen molar-refractivity contribution < 1.29 is 48.8 Å². The van der Waals surface area contributed by atoms with Crippen molar-refractivity contribution in [2.24, 2.45) is 23.7 Å². The topological polar surface area (TPSA) is 121 Å². The van der Waals surface area contributed by atoms with E-state index in [1.165, 1.54) is 64.2 Å². The SMILES string of the molecule is CCCCC(CC)CC(C)C.CCCCC(CC)CC(C)C.OP(O)(O)=S.OP(O)(O)=S.[Zn]. The van der Waals surface area contributed by atoms with E-state index in [0.717, 1.165) is 23.7 Å². The quantitative estimate of drug-likeness (QED) is 0.105. The summed E-state index contributed by atoms with van der Waals surface area (Å²) in [6.45, 7) is 10.9. The van der Waals surface area contributed by atoms with E-state index in [4.69, 9.17) is 29.4 Å². The first-order valence-corrected chi connectivity index (χ1v) is 17.3. The zero-order valence-corrected chi connectivity index (χ0v) is 28.9. The summed E-state index contributed by atoms with van der Waals surface area (Å²) in [6.07, 6.45) is 14.1. The molecule has 0 spiro atoms. The molecule has 6 nitrogen and oxygen atoms in total. The van der Waals surface area contributed by atoms with E-state index < -0.39 is 13.4 Å². The van der Waals surface area contributed by atoms with Gasteiger partial charge in [-0.05, 0) is 60.1 Å². The molecule has 0 bridgehead atoms. The molecule has 0 fully saturated rings. The van der Waals surface area contributed by atoms with Crippen LogP contribution in [0.25, 0.3) is 0 Å². The van der Waals surface area contributed by atoms with Gasteiger partial charge in [0.15, 0.2) is 0 Å². The number of hydrogen-bond donors (Lipinski definition) is 6. The van der Waals surface area contributed by atoms with E-state index in [-0.39, 0.29) is 19.5 Å². The maximum absolute atomic E-state index is 7.56. The molecule has 0 aromatic heterocycles. The fraction of sp³-hybridized carbons (Fsp3) is 1.00. The second-order valence-electron chi connectivity index (χ2n) is 9.12. The summed E-state index contributed by atoms with van der Waals surface area (Å²) >= 11 is 7.21. The van der Waals surface area contributed by atoms with Crippen LogP contribution < -0.4 is 0 Å². The smallest absolute Gasteiger partial charge is 0.319 e. The summed E-state index contributed by atoms with van der Waals surface area (Å²) in [5.41, 5.74) is 0. The van der Waals surface area contributed by atoms with E-state index in [9.17, 15) is 0 Å². The van der Waals surface area contributed by atoms with Gasteiger partial charge in [-0.25, -0.2) is 0 Å². The maximum Gasteiger partial charge on any atom is 0.319 e. The summed E-state index contributed by atoms with van der Waals surface area (Å²) < 4.78 is 0. The Morgan fingerprint density at radius 3 is 0.909 bits per heavy atom. The van der Waals surface area contributed by atoms with Crippen LogP contribution in [0.2, 0.25) is 0 Å². The predicted octanol–water partition coefficient (Wildman–Crippen LogP) is 6.87. The Morgan fingerprint density at radius 1 is 0.576 bits per heavy atom. The first-order valence-electron chi connectivity index (χ1n) is 12.0. The van der Waals surface area contributed by atoms with Gasteiger partial charge in [0.1, 0.15) is 0 Å². The van der Waals surface area contributed by atoms with Crippen LogP contribution in [0.3, 0.4) is 0 Å². The van der Waals surface area contributed by atoms with Gasteiger partial charge in [-0.3, -0.25) is 0 Å². The average Bonchev–Trinajstić information content (AvgIpc) is 2.59. The van der Waals surface area contributed by atoms with Gasteiger partial charge < -0.3 is 29.4 Å². The molecule has 0 saturated heterocycles. The summed E-state index contributed by atoms with van der Waals surface area (Å²) in [6, 6.07) is 0. The maximum atomic E-state index is 7.56. The third kappa shape index (κ3) is 71.9. The van der Waals surface area contributed by atoms with Crippen molar-refractivity contribution in [3.63, 3.8) is 0 Å². The third-order valence-corrected chi connectivity index (χ3v) is 4.70. The van der Waals surface area contributed by atoms with Crippen LogP contribution in [0, 0.1) is 23.7 Å². The Labute approximate surface area is 228 Å². The van der Waals surface area contributed by atoms with Gasteiger partial charge in [0, 0.05) is 19.5 Å². The molecule has 0 heterocycles. The fourth-order valence-corrected chi connectivity index (χ4v) is 3.30. The average molecular weight is 606 g/mol. The molecule has 33 heavy (non-hydrogen) atoms. The molecule has 0 aliphatic heterocycles. The van der Waals surface area contributed by atoms with Crippen molar-refractivity contribution in [3.05, 3.63) is 0 Å². The Kier molecular flexibility index (Phi) is 38.2. The van der Waals surface area contributed by atoms with Gasteiger partial charge in [0.05, 0.1) is 0 Å². The molecule has 0 aliphatic carbocycles. The monoisotopic (exact) mass is 604 g/mol. The second-order valence-corrected chi connectivity index (χ2v) is 14.1. The molecule has 0 aromatic rings. The molecular weight excluding hydrogens is 552 g/mol. The standard InChI is InChI=1S/2C11H24.2H3O3PS.Zn/c2*1-5-7-8-11(6-2)9-10(3)4;2*1-4(2,3)5;/h2*10-11H,5-9H2,1-4H3;2*(H3,1,2,3,5);. The van der Waals surface area contributed by atoms with Crippen LogP contribution in [0.4, 0.5) is 0 Å². The van der Waals surface area contributed by atoms with Gasteiger partial charge in [0.25, 0.3) is 0 Å². The minimum atomic E-state index is -3.81. The number of unbranched alkanes of at least 4 members (excludes halogenated alkanes) is 2. The molecule has 11 heteroatoms. The molecule has 0 amide bonds. The van der Waals surface area contributed by atoms with Crippen LogP contribution in [0.5, 0.6) is 0 Å². The summed E-state index contributed by atoms with van der Waals surface area (Å²) in [5.74, 6) is 3.76. The molecule has 0 radical (unpaired) electrons. The third-order valence-electron chi connectivity index (χ3n) is 4.70. The summed E-state index contributed by atoms with van der Waals surface area (Å²) in [4.78, 5) is 45.3. The number of hydrogen-bond acceptors (Lipinski definition) is 2. The minimum absolute atomic E-state index is 0. The Hall–Kier alpha value is 1.68. The van der Waals surface area contributed by atoms with Crippen molar-refractivity contribution in [3.8, 4) is 0 Å². The molecule has 0 rings (SSSR count). The normalized spacial score (nSPS) is 12.8. The van der Waals surface area contributed by atoms with E-state index in [0.29, 0.717) is 0 Å². The first kappa shape index (κ1) is 44.7. The van der Waals surface area contributed by atoms with Gasteiger partial charge >= 0.3 is 13.4 Å². The molecule has 6 N–H and O–H groups in total. The Morgan fingerprint density at radius 2 is 0.788 bits per heavy atom. The Bertz CT molecular complexity index is 415. The molecule has 0 aromatic carbocycles.